The van der Waals surface area contributed by atoms with Crippen LogP contribution in [0.25, 0.3) is 0 Å². The lowest BCUT2D eigenvalue weighted by molar-refractivity contribution is -0.116. The van der Waals surface area contributed by atoms with Gasteiger partial charge in [0.25, 0.3) is 5.91 Å². The molecule has 0 aromatic heterocycles. The molecule has 22 heavy (non-hydrogen) atoms. The monoisotopic (exact) mass is 323 g/mol. The van der Waals surface area contributed by atoms with E-state index >= 15 is 0 Å². The Morgan fingerprint density at radius 1 is 1.32 bits per heavy atom. The molecule has 0 aliphatic carbocycles. The van der Waals surface area contributed by atoms with Gasteiger partial charge in [-0.2, -0.15) is 0 Å². The molecule has 0 spiro atoms. The summed E-state index contributed by atoms with van der Waals surface area (Å²) < 4.78 is 0. The summed E-state index contributed by atoms with van der Waals surface area (Å²) in [5.74, 6) is 0.504. The molecule has 1 aromatic carbocycles. The zero-order valence-corrected chi connectivity index (χ0v) is 13.5. The molecule has 0 radical (unpaired) electrons. The van der Waals surface area contributed by atoms with E-state index in [1.165, 1.54) is 0 Å². The molecule has 2 heterocycles. The van der Waals surface area contributed by atoms with Crippen molar-refractivity contribution in [2.45, 2.75) is 32.2 Å². The van der Waals surface area contributed by atoms with E-state index in [0.29, 0.717) is 24.3 Å². The van der Waals surface area contributed by atoms with Crippen LogP contribution in [0.2, 0.25) is 0 Å². The lowest BCUT2D eigenvalue weighted by atomic mass is 9.94. The minimum absolute atomic E-state index is 0. The lowest BCUT2D eigenvalue weighted by Crippen LogP contribution is -2.50. The molecule has 6 heteroatoms. The normalized spacial score (nSPS) is 23.8. The third kappa shape index (κ3) is 3.59. The average molecular weight is 324 g/mol. The topological polar surface area (TPSA) is 70.2 Å². The molecule has 2 aliphatic heterocycles. The molecule has 1 fully saturated rings. The Labute approximate surface area is 136 Å². The van der Waals surface area contributed by atoms with Crippen LogP contribution in [0.4, 0.5) is 5.69 Å². The van der Waals surface area contributed by atoms with Crippen LogP contribution in [0.3, 0.4) is 0 Å². The predicted octanol–water partition coefficient (Wildman–Crippen LogP) is 1.72. The van der Waals surface area contributed by atoms with Gasteiger partial charge in [0.1, 0.15) is 0 Å². The quantitative estimate of drug-likeness (QED) is 0.776. The number of carbonyl (C=O) groups excluding carboxylic acids is 2. The summed E-state index contributed by atoms with van der Waals surface area (Å²) in [4.78, 5) is 23.7. The van der Waals surface area contributed by atoms with Gasteiger partial charge in [-0.25, -0.2) is 0 Å². The molecule has 1 saturated heterocycles. The number of fused-ring (bicyclic) bond motifs is 1. The first-order valence-corrected chi connectivity index (χ1v) is 7.58. The predicted molar refractivity (Wildman–Crippen MR) is 88.5 cm³/mol. The van der Waals surface area contributed by atoms with Gasteiger partial charge in [0, 0.05) is 30.3 Å². The Hall–Kier alpha value is -1.59. The molecule has 2 aliphatic rings. The smallest absolute Gasteiger partial charge is 0.251 e. The standard InChI is InChI=1S/C16H21N3O2.ClH/c1-10-6-7-17-9-14(10)19-16(21)12-2-4-13-11(8-12)3-5-15(20)18-13;/h2,4,8,10,14,17H,3,5-7,9H2,1H3,(H,18,20)(H,19,21);1H. The zero-order valence-electron chi connectivity index (χ0n) is 12.6. The van der Waals surface area contributed by atoms with E-state index in [4.69, 9.17) is 0 Å². The number of amides is 2. The molecular formula is C16H22ClN3O2. The van der Waals surface area contributed by atoms with Gasteiger partial charge in [-0.1, -0.05) is 6.92 Å². The van der Waals surface area contributed by atoms with Crippen molar-refractivity contribution in [3.8, 4) is 0 Å². The minimum Gasteiger partial charge on any atom is -0.348 e. The van der Waals surface area contributed by atoms with Crippen LogP contribution in [0.15, 0.2) is 18.2 Å². The SMILES string of the molecule is CC1CCNCC1NC(=O)c1ccc2c(c1)CCC(=O)N2.Cl. The number of hydrogen-bond acceptors (Lipinski definition) is 3. The van der Waals surface area contributed by atoms with Gasteiger partial charge in [0.15, 0.2) is 0 Å². The molecule has 3 rings (SSSR count). The van der Waals surface area contributed by atoms with Gasteiger partial charge in [-0.15, -0.1) is 12.4 Å². The maximum absolute atomic E-state index is 12.4. The van der Waals surface area contributed by atoms with Crippen molar-refractivity contribution >= 4 is 29.9 Å². The minimum atomic E-state index is -0.0322. The van der Waals surface area contributed by atoms with Crippen molar-refractivity contribution in [3.63, 3.8) is 0 Å². The second-order valence-electron chi connectivity index (χ2n) is 5.97. The number of piperidine rings is 1. The van der Waals surface area contributed by atoms with Crippen molar-refractivity contribution in [2.24, 2.45) is 5.92 Å². The summed E-state index contributed by atoms with van der Waals surface area (Å²) in [6, 6.07) is 5.68. The van der Waals surface area contributed by atoms with Crippen LogP contribution >= 0.6 is 12.4 Å². The molecular weight excluding hydrogens is 302 g/mol. The maximum Gasteiger partial charge on any atom is 0.251 e. The number of carbonyl (C=O) groups is 2. The van der Waals surface area contributed by atoms with Gasteiger partial charge in [-0.05, 0) is 49.1 Å². The highest BCUT2D eigenvalue weighted by Gasteiger charge is 2.23. The van der Waals surface area contributed by atoms with Gasteiger partial charge >= 0.3 is 0 Å². The number of hydrogen-bond donors (Lipinski definition) is 3. The van der Waals surface area contributed by atoms with Crippen molar-refractivity contribution in [1.29, 1.82) is 0 Å². The average Bonchev–Trinajstić information content (AvgIpc) is 2.49. The van der Waals surface area contributed by atoms with E-state index < -0.39 is 0 Å². The molecule has 2 amide bonds. The number of rotatable bonds is 2. The fraction of sp³-hybridized carbons (Fsp3) is 0.500. The number of aryl methyl sites for hydroxylation is 1. The molecule has 2 atom stereocenters. The van der Waals surface area contributed by atoms with E-state index in [9.17, 15) is 9.59 Å². The summed E-state index contributed by atoms with van der Waals surface area (Å²) in [6.45, 7) is 4.02. The molecule has 3 N–H and O–H groups in total. The van der Waals surface area contributed by atoms with Gasteiger partial charge in [-0.3, -0.25) is 9.59 Å². The van der Waals surface area contributed by atoms with Crippen LogP contribution in [0.5, 0.6) is 0 Å². The third-order valence-corrected chi connectivity index (χ3v) is 4.41. The number of halogens is 1. The largest absolute Gasteiger partial charge is 0.348 e. The Bertz CT molecular complexity index is 577. The van der Waals surface area contributed by atoms with E-state index in [0.717, 1.165) is 30.8 Å². The van der Waals surface area contributed by atoms with Crippen LogP contribution in [-0.4, -0.2) is 30.9 Å². The zero-order chi connectivity index (χ0) is 14.8. The Morgan fingerprint density at radius 2 is 2.14 bits per heavy atom. The maximum atomic E-state index is 12.4. The van der Waals surface area contributed by atoms with E-state index in [1.54, 1.807) is 6.07 Å². The Kier molecular flexibility index (Phi) is 5.42. The van der Waals surface area contributed by atoms with Crippen molar-refractivity contribution < 1.29 is 9.59 Å². The molecule has 5 nitrogen and oxygen atoms in total. The fourth-order valence-corrected chi connectivity index (χ4v) is 2.96. The molecule has 2 unspecified atom stereocenters. The first-order chi connectivity index (χ1) is 10.1. The molecule has 0 bridgehead atoms. The number of benzene rings is 1. The second kappa shape index (κ2) is 7.11. The van der Waals surface area contributed by atoms with Crippen LogP contribution in [0.1, 0.15) is 35.7 Å². The highest BCUT2D eigenvalue weighted by Crippen LogP contribution is 2.23. The second-order valence-corrected chi connectivity index (χ2v) is 5.97. The fourth-order valence-electron chi connectivity index (χ4n) is 2.96. The number of anilines is 1. The van der Waals surface area contributed by atoms with Gasteiger partial charge in [0.05, 0.1) is 0 Å². The van der Waals surface area contributed by atoms with E-state index in [-0.39, 0.29) is 30.3 Å². The summed E-state index contributed by atoms with van der Waals surface area (Å²) in [5, 5.41) is 9.26. The summed E-state index contributed by atoms with van der Waals surface area (Å²) in [6.07, 6.45) is 2.27. The summed E-state index contributed by atoms with van der Waals surface area (Å²) in [5.41, 5.74) is 2.54. The Balaban J connectivity index is 0.00000176. The number of nitrogens with one attached hydrogen (secondary N) is 3. The summed E-state index contributed by atoms with van der Waals surface area (Å²) >= 11 is 0. The van der Waals surface area contributed by atoms with Crippen LogP contribution < -0.4 is 16.0 Å². The highest BCUT2D eigenvalue weighted by molar-refractivity contribution is 5.98. The lowest BCUT2D eigenvalue weighted by Gasteiger charge is -2.30. The van der Waals surface area contributed by atoms with Gasteiger partial charge < -0.3 is 16.0 Å². The van der Waals surface area contributed by atoms with Crippen LogP contribution in [-0.2, 0) is 11.2 Å². The van der Waals surface area contributed by atoms with Crippen LogP contribution in [0, 0.1) is 5.92 Å². The molecule has 1 aromatic rings. The first kappa shape index (κ1) is 16.8. The van der Waals surface area contributed by atoms with Gasteiger partial charge in [0.2, 0.25) is 5.91 Å². The van der Waals surface area contributed by atoms with Crippen molar-refractivity contribution in [1.82, 2.24) is 10.6 Å². The van der Waals surface area contributed by atoms with E-state index in [2.05, 4.69) is 22.9 Å². The third-order valence-electron chi connectivity index (χ3n) is 4.41. The molecule has 0 saturated carbocycles. The molecule has 120 valence electrons. The van der Waals surface area contributed by atoms with Crippen molar-refractivity contribution in [2.75, 3.05) is 18.4 Å². The highest BCUT2D eigenvalue weighted by atomic mass is 35.5. The first-order valence-electron chi connectivity index (χ1n) is 7.58. The van der Waals surface area contributed by atoms with Crippen molar-refractivity contribution in [3.05, 3.63) is 29.3 Å². The Morgan fingerprint density at radius 3 is 2.91 bits per heavy atom. The summed E-state index contributed by atoms with van der Waals surface area (Å²) in [7, 11) is 0. The van der Waals surface area contributed by atoms with E-state index in [1.807, 2.05) is 12.1 Å².